The molecule has 1 aromatic carbocycles. The molecule has 1 fully saturated rings. The van der Waals surface area contributed by atoms with Crippen molar-refractivity contribution in [1.29, 1.82) is 0 Å². The molecule has 0 aliphatic carbocycles. The van der Waals surface area contributed by atoms with Crippen molar-refractivity contribution in [2.45, 2.75) is 32.7 Å². The number of carboxylic acid groups (broad SMARTS) is 1. The van der Waals surface area contributed by atoms with Crippen molar-refractivity contribution >= 4 is 28.6 Å². The number of nitrogens with one attached hydrogen (secondary N) is 1. The van der Waals surface area contributed by atoms with Gasteiger partial charge in [-0.1, -0.05) is 38.0 Å². The Hall–Kier alpha value is -2.97. The number of aryl methyl sites for hydroxylation is 1. The van der Waals surface area contributed by atoms with Gasteiger partial charge in [0.15, 0.2) is 0 Å². The highest BCUT2D eigenvalue weighted by Gasteiger charge is 2.24. The van der Waals surface area contributed by atoms with Crippen LogP contribution in [0.3, 0.4) is 0 Å². The molecule has 3 aromatic rings. The van der Waals surface area contributed by atoms with E-state index in [1.807, 2.05) is 39.9 Å². The van der Waals surface area contributed by atoms with E-state index < -0.39 is 5.97 Å². The van der Waals surface area contributed by atoms with E-state index >= 15 is 0 Å². The number of carbonyl (C=O) groups is 1. The number of para-hydroxylation sites is 1. The number of hydrogen-bond donors (Lipinski definition) is 2. The average Bonchev–Trinajstić information content (AvgIpc) is 3.14. The van der Waals surface area contributed by atoms with Gasteiger partial charge in [0.05, 0.1) is 5.69 Å². The molecule has 30 heavy (non-hydrogen) atoms. The molecule has 3 heterocycles. The lowest BCUT2D eigenvalue weighted by molar-refractivity contribution is 0.0685. The maximum absolute atomic E-state index is 11.8. The average molecular weight is 409 g/mol. The van der Waals surface area contributed by atoms with Gasteiger partial charge in [-0.25, -0.2) is 19.8 Å². The molecule has 158 valence electrons. The van der Waals surface area contributed by atoms with Crippen molar-refractivity contribution in [3.05, 3.63) is 48.3 Å². The van der Waals surface area contributed by atoms with E-state index in [9.17, 15) is 9.90 Å². The molecule has 8 nitrogen and oxygen atoms in total. The monoisotopic (exact) mass is 408 g/mol. The number of unbranched alkanes of at least 4 members (excludes halogenated alkanes) is 2. The van der Waals surface area contributed by atoms with E-state index in [0.717, 1.165) is 56.5 Å². The normalized spacial score (nSPS) is 14.8. The minimum atomic E-state index is -0.937. The third kappa shape index (κ3) is 4.15. The number of aromatic nitrogens is 3. The molecule has 0 atom stereocenters. The maximum Gasteiger partial charge on any atom is 0.352 e. The predicted molar refractivity (Wildman–Crippen MR) is 117 cm³/mol. The number of hydrazine groups is 1. The third-order valence-electron chi connectivity index (χ3n) is 5.39. The second kappa shape index (κ2) is 9.23. The van der Waals surface area contributed by atoms with Crippen LogP contribution in [-0.4, -0.2) is 56.8 Å². The van der Waals surface area contributed by atoms with Gasteiger partial charge in [-0.2, -0.15) is 4.98 Å². The first-order valence-electron chi connectivity index (χ1n) is 10.6. The first kappa shape index (κ1) is 20.3. The fourth-order valence-corrected chi connectivity index (χ4v) is 3.88. The minimum absolute atomic E-state index is 0.265. The molecular formula is C22H28N6O2. The zero-order chi connectivity index (χ0) is 20.9. The smallest absolute Gasteiger partial charge is 0.352 e. The van der Waals surface area contributed by atoms with Crippen LogP contribution in [0.1, 0.15) is 36.7 Å². The maximum atomic E-state index is 11.8. The lowest BCUT2D eigenvalue weighted by Gasteiger charge is -2.37. The molecule has 8 heteroatoms. The molecule has 2 N–H and O–H groups in total. The van der Waals surface area contributed by atoms with Gasteiger partial charge in [0.1, 0.15) is 11.3 Å². The van der Waals surface area contributed by atoms with Gasteiger partial charge in [0, 0.05) is 44.3 Å². The van der Waals surface area contributed by atoms with Crippen LogP contribution in [0.4, 0.5) is 11.6 Å². The molecule has 1 saturated heterocycles. The van der Waals surface area contributed by atoms with Crippen LogP contribution in [0.25, 0.3) is 11.0 Å². The van der Waals surface area contributed by atoms with Crippen molar-refractivity contribution in [3.8, 4) is 0 Å². The molecule has 1 aliphatic rings. The number of carboxylic acids is 1. The molecule has 0 radical (unpaired) electrons. The van der Waals surface area contributed by atoms with Crippen LogP contribution in [-0.2, 0) is 6.54 Å². The Morgan fingerprint density at radius 3 is 2.67 bits per heavy atom. The second-order valence-electron chi connectivity index (χ2n) is 7.49. The SMILES string of the molecule is CCCCCn1c(C(=O)O)cc2cnc(N(c3ccccc3)N3CCNCC3)nc21. The molecule has 0 bridgehead atoms. The summed E-state index contributed by atoms with van der Waals surface area (Å²) in [6, 6.07) is 11.7. The number of benzene rings is 1. The lowest BCUT2D eigenvalue weighted by atomic mass is 10.2. The summed E-state index contributed by atoms with van der Waals surface area (Å²) in [5, 5.41) is 18.1. The molecule has 0 saturated carbocycles. The van der Waals surface area contributed by atoms with Crippen LogP contribution < -0.4 is 10.3 Å². The van der Waals surface area contributed by atoms with E-state index in [1.165, 1.54) is 0 Å². The Morgan fingerprint density at radius 2 is 1.97 bits per heavy atom. The van der Waals surface area contributed by atoms with Crippen LogP contribution in [0.15, 0.2) is 42.6 Å². The fourth-order valence-electron chi connectivity index (χ4n) is 3.88. The molecular weight excluding hydrogens is 380 g/mol. The van der Waals surface area contributed by atoms with E-state index in [-0.39, 0.29) is 5.69 Å². The Balaban J connectivity index is 1.79. The largest absolute Gasteiger partial charge is 0.477 e. The third-order valence-corrected chi connectivity index (χ3v) is 5.39. The van der Waals surface area contributed by atoms with Gasteiger partial charge in [-0.3, -0.25) is 0 Å². The minimum Gasteiger partial charge on any atom is -0.477 e. The van der Waals surface area contributed by atoms with Crippen molar-refractivity contribution < 1.29 is 9.90 Å². The molecule has 0 unspecified atom stereocenters. The first-order valence-corrected chi connectivity index (χ1v) is 10.6. The van der Waals surface area contributed by atoms with Gasteiger partial charge in [0.2, 0.25) is 5.95 Å². The van der Waals surface area contributed by atoms with Crippen molar-refractivity contribution in [2.24, 2.45) is 0 Å². The number of aromatic carboxylic acids is 1. The number of rotatable bonds is 8. The zero-order valence-electron chi connectivity index (χ0n) is 17.3. The van der Waals surface area contributed by atoms with Crippen LogP contribution in [0.2, 0.25) is 0 Å². The molecule has 0 amide bonds. The molecule has 2 aromatic heterocycles. The summed E-state index contributed by atoms with van der Waals surface area (Å²) in [5.41, 5.74) is 1.92. The first-order chi connectivity index (χ1) is 14.7. The van der Waals surface area contributed by atoms with Crippen molar-refractivity contribution in [1.82, 2.24) is 24.9 Å². The summed E-state index contributed by atoms with van der Waals surface area (Å²) in [5.74, 6) is -0.379. The van der Waals surface area contributed by atoms with Crippen LogP contribution >= 0.6 is 0 Å². The predicted octanol–water partition coefficient (Wildman–Crippen LogP) is 3.28. The number of nitrogens with zero attached hydrogens (tertiary/aromatic N) is 5. The van der Waals surface area contributed by atoms with Gasteiger partial charge in [0.25, 0.3) is 0 Å². The highest BCUT2D eigenvalue weighted by molar-refractivity contribution is 5.93. The fraction of sp³-hybridized carbons (Fsp3) is 0.409. The van der Waals surface area contributed by atoms with E-state index in [4.69, 9.17) is 4.98 Å². The van der Waals surface area contributed by atoms with Gasteiger partial charge >= 0.3 is 5.97 Å². The number of piperazine rings is 1. The van der Waals surface area contributed by atoms with Crippen LogP contribution in [0.5, 0.6) is 0 Å². The lowest BCUT2D eigenvalue weighted by Crippen LogP contribution is -2.51. The number of fused-ring (bicyclic) bond motifs is 1. The summed E-state index contributed by atoms with van der Waals surface area (Å²) >= 11 is 0. The standard InChI is InChI=1S/C22H28N6O2/c1-2-3-7-12-27-19(21(29)30)15-17-16-24-22(25-20(17)27)28(18-8-5-4-6-9-18)26-13-10-23-11-14-26/h4-6,8-9,15-16,23H,2-3,7,10-14H2,1H3,(H,29,30). The molecule has 1 aliphatic heterocycles. The summed E-state index contributed by atoms with van der Waals surface area (Å²) in [6.45, 7) is 6.23. The van der Waals surface area contributed by atoms with E-state index in [2.05, 4.69) is 22.2 Å². The number of hydrogen-bond acceptors (Lipinski definition) is 6. The Morgan fingerprint density at radius 1 is 1.20 bits per heavy atom. The highest BCUT2D eigenvalue weighted by Crippen LogP contribution is 2.27. The second-order valence-corrected chi connectivity index (χ2v) is 7.49. The van der Waals surface area contributed by atoms with Crippen molar-refractivity contribution in [2.75, 3.05) is 31.2 Å². The van der Waals surface area contributed by atoms with E-state index in [0.29, 0.717) is 18.1 Å². The van der Waals surface area contributed by atoms with Gasteiger partial charge in [-0.15, -0.1) is 0 Å². The molecule has 0 spiro atoms. The molecule has 4 rings (SSSR count). The zero-order valence-corrected chi connectivity index (χ0v) is 17.3. The Bertz CT molecular complexity index is 998. The summed E-state index contributed by atoms with van der Waals surface area (Å²) < 4.78 is 1.82. The Labute approximate surface area is 176 Å². The Kier molecular flexibility index (Phi) is 6.25. The van der Waals surface area contributed by atoms with Crippen molar-refractivity contribution in [3.63, 3.8) is 0 Å². The van der Waals surface area contributed by atoms with Crippen LogP contribution in [0, 0.1) is 0 Å². The summed E-state index contributed by atoms with van der Waals surface area (Å²) in [4.78, 5) is 21.3. The summed E-state index contributed by atoms with van der Waals surface area (Å²) in [6.07, 6.45) is 4.78. The topological polar surface area (TPSA) is 86.5 Å². The van der Waals surface area contributed by atoms with Gasteiger partial charge < -0.3 is 15.0 Å². The number of anilines is 2. The highest BCUT2D eigenvalue weighted by atomic mass is 16.4. The quantitative estimate of drug-likeness (QED) is 0.553. The summed E-state index contributed by atoms with van der Waals surface area (Å²) in [7, 11) is 0. The van der Waals surface area contributed by atoms with Gasteiger partial charge in [-0.05, 0) is 24.6 Å². The van der Waals surface area contributed by atoms with E-state index in [1.54, 1.807) is 12.3 Å².